The predicted octanol–water partition coefficient (Wildman–Crippen LogP) is 0.695. The third kappa shape index (κ3) is 5.08. The summed E-state index contributed by atoms with van der Waals surface area (Å²) >= 11 is 0. The maximum absolute atomic E-state index is 13.5. The zero-order valence-electron chi connectivity index (χ0n) is 20.0. The van der Waals surface area contributed by atoms with Crippen LogP contribution in [0.25, 0.3) is 0 Å². The van der Waals surface area contributed by atoms with Crippen LogP contribution in [0, 0.1) is 22.7 Å². The van der Waals surface area contributed by atoms with E-state index in [1.54, 1.807) is 5.32 Å². The fraction of sp³-hybridized carbons (Fsp3) is 0.636. The molecule has 1 aliphatic carbocycles. The first-order valence-electron chi connectivity index (χ1n) is 11.0. The SMILES string of the molecule is CC(C)(C)C(NC(=O)C(F)(F)F)C(=O)N1C[C@H]2[C@@H]([C@H]1C(=O)NC(C(N)=O)c1cnccn1)C2(C)C. The lowest BCUT2D eigenvalue weighted by Gasteiger charge is -2.37. The number of nitrogens with one attached hydrogen (secondary N) is 2. The number of alkyl halides is 3. The highest BCUT2D eigenvalue weighted by Gasteiger charge is 2.70. The van der Waals surface area contributed by atoms with Gasteiger partial charge >= 0.3 is 12.1 Å². The van der Waals surface area contributed by atoms with E-state index < -0.39 is 53.3 Å². The summed E-state index contributed by atoms with van der Waals surface area (Å²) in [6.45, 7) is 8.50. The zero-order valence-corrected chi connectivity index (χ0v) is 20.0. The van der Waals surface area contributed by atoms with Crippen molar-refractivity contribution in [1.29, 1.82) is 0 Å². The van der Waals surface area contributed by atoms with Crippen LogP contribution in [0.15, 0.2) is 18.6 Å². The number of amides is 4. The minimum absolute atomic E-state index is 0.0790. The molecule has 192 valence electrons. The molecule has 1 aromatic heterocycles. The fourth-order valence-electron chi connectivity index (χ4n) is 4.82. The first-order chi connectivity index (χ1) is 16.0. The highest BCUT2D eigenvalue weighted by atomic mass is 19.4. The first-order valence-corrected chi connectivity index (χ1v) is 11.0. The Morgan fingerprint density at radius 3 is 2.26 bits per heavy atom. The fourth-order valence-corrected chi connectivity index (χ4v) is 4.82. The number of nitrogens with two attached hydrogens (primary N) is 1. The minimum atomic E-state index is -5.18. The minimum Gasteiger partial charge on any atom is -0.368 e. The first kappa shape index (κ1) is 26.4. The number of likely N-dealkylation sites (tertiary alicyclic amines) is 1. The van der Waals surface area contributed by atoms with Gasteiger partial charge in [0.05, 0.1) is 11.9 Å². The summed E-state index contributed by atoms with van der Waals surface area (Å²) in [5, 5.41) is 4.31. The lowest BCUT2D eigenvalue weighted by atomic mass is 9.85. The van der Waals surface area contributed by atoms with Gasteiger partial charge in [-0.2, -0.15) is 13.2 Å². The molecule has 2 heterocycles. The van der Waals surface area contributed by atoms with Gasteiger partial charge in [0.1, 0.15) is 12.1 Å². The molecule has 10 nitrogen and oxygen atoms in total. The van der Waals surface area contributed by atoms with Gasteiger partial charge in [0.15, 0.2) is 6.04 Å². The van der Waals surface area contributed by atoms with E-state index in [1.807, 2.05) is 13.8 Å². The molecule has 4 N–H and O–H groups in total. The molecule has 35 heavy (non-hydrogen) atoms. The number of carbonyl (C=O) groups excluding carboxylic acids is 4. The number of nitrogens with zero attached hydrogens (tertiary/aromatic N) is 3. The summed E-state index contributed by atoms with van der Waals surface area (Å²) in [6.07, 6.45) is -1.22. The third-order valence-corrected chi connectivity index (χ3v) is 6.86. The van der Waals surface area contributed by atoms with Crippen molar-refractivity contribution in [3.8, 4) is 0 Å². The number of halogens is 3. The number of primary amides is 1. The van der Waals surface area contributed by atoms with E-state index in [0.717, 1.165) is 0 Å². The average molecular weight is 499 g/mol. The second-order valence-electron chi connectivity index (χ2n) is 10.6. The summed E-state index contributed by atoms with van der Waals surface area (Å²) in [4.78, 5) is 59.6. The number of carbonyl (C=O) groups is 4. The Kier molecular flexibility index (Phi) is 6.59. The summed E-state index contributed by atoms with van der Waals surface area (Å²) in [7, 11) is 0. The van der Waals surface area contributed by atoms with E-state index in [0.29, 0.717) is 0 Å². The van der Waals surface area contributed by atoms with Crippen molar-refractivity contribution in [2.24, 2.45) is 28.4 Å². The molecule has 1 saturated heterocycles. The average Bonchev–Trinajstić information content (AvgIpc) is 3.08. The van der Waals surface area contributed by atoms with E-state index in [4.69, 9.17) is 5.73 Å². The van der Waals surface area contributed by atoms with Gasteiger partial charge in [-0.1, -0.05) is 34.6 Å². The Morgan fingerprint density at radius 2 is 1.77 bits per heavy atom. The Balaban J connectivity index is 1.90. The standard InChI is InChI=1S/C22H29F3N6O4/c1-20(2,3)15(30-19(35)22(23,24)25)18(34)31-9-10-12(21(10,4)5)14(31)17(33)29-13(16(26)32)11-8-27-6-7-28-11/h6-8,10,12-15H,9H2,1-5H3,(H2,26,32)(H,29,33)(H,30,35)/t10-,12-,13?,14-,15?/m0/s1. The van der Waals surface area contributed by atoms with Gasteiger partial charge in [0.2, 0.25) is 17.7 Å². The number of hydrogen-bond donors (Lipinski definition) is 3. The second kappa shape index (κ2) is 8.76. The van der Waals surface area contributed by atoms with Gasteiger partial charge in [0, 0.05) is 18.9 Å². The number of hydrogen-bond acceptors (Lipinski definition) is 6. The van der Waals surface area contributed by atoms with Crippen LogP contribution in [0.2, 0.25) is 0 Å². The molecule has 1 aromatic rings. The molecule has 4 amide bonds. The van der Waals surface area contributed by atoms with Crippen molar-refractivity contribution < 1.29 is 32.3 Å². The monoisotopic (exact) mass is 498 g/mol. The lowest BCUT2D eigenvalue weighted by Crippen LogP contribution is -2.61. The zero-order chi connectivity index (χ0) is 26.5. The van der Waals surface area contributed by atoms with Gasteiger partial charge in [-0.05, 0) is 22.7 Å². The third-order valence-electron chi connectivity index (χ3n) is 6.86. The van der Waals surface area contributed by atoms with Gasteiger partial charge < -0.3 is 21.3 Å². The van der Waals surface area contributed by atoms with Crippen LogP contribution in [0.4, 0.5) is 13.2 Å². The van der Waals surface area contributed by atoms with Gasteiger partial charge in [0.25, 0.3) is 0 Å². The summed E-state index contributed by atoms with van der Waals surface area (Å²) in [5.41, 5.74) is 4.16. The highest BCUT2D eigenvalue weighted by Crippen LogP contribution is 2.65. The highest BCUT2D eigenvalue weighted by molar-refractivity contribution is 5.96. The molecular weight excluding hydrogens is 469 g/mol. The molecule has 0 spiro atoms. The van der Waals surface area contributed by atoms with E-state index in [-0.39, 0.29) is 29.5 Å². The van der Waals surface area contributed by atoms with Crippen molar-refractivity contribution in [3.63, 3.8) is 0 Å². The van der Waals surface area contributed by atoms with Crippen molar-refractivity contribution in [3.05, 3.63) is 24.3 Å². The van der Waals surface area contributed by atoms with E-state index in [2.05, 4.69) is 15.3 Å². The maximum atomic E-state index is 13.5. The number of rotatable bonds is 6. The van der Waals surface area contributed by atoms with Crippen molar-refractivity contribution in [2.75, 3.05) is 6.54 Å². The molecule has 2 unspecified atom stereocenters. The number of fused-ring (bicyclic) bond motifs is 1. The van der Waals surface area contributed by atoms with Crippen LogP contribution in [-0.4, -0.2) is 63.3 Å². The Labute approximate surface area is 200 Å². The van der Waals surface area contributed by atoms with Crippen LogP contribution < -0.4 is 16.4 Å². The summed E-state index contributed by atoms with van der Waals surface area (Å²) in [5.74, 6) is -5.02. The van der Waals surface area contributed by atoms with Crippen molar-refractivity contribution in [1.82, 2.24) is 25.5 Å². The van der Waals surface area contributed by atoms with Gasteiger partial charge in [-0.25, -0.2) is 0 Å². The quantitative estimate of drug-likeness (QED) is 0.526. The molecular formula is C22H29F3N6O4. The molecule has 2 aliphatic rings. The van der Waals surface area contributed by atoms with Gasteiger partial charge in [-0.3, -0.25) is 29.1 Å². The largest absolute Gasteiger partial charge is 0.471 e. The van der Waals surface area contributed by atoms with E-state index >= 15 is 0 Å². The van der Waals surface area contributed by atoms with Crippen molar-refractivity contribution >= 4 is 23.6 Å². The number of aromatic nitrogens is 2. The molecule has 2 fully saturated rings. The summed E-state index contributed by atoms with van der Waals surface area (Å²) in [6, 6.07) is -3.94. The van der Waals surface area contributed by atoms with E-state index in [1.165, 1.54) is 44.3 Å². The molecule has 1 aliphatic heterocycles. The predicted molar refractivity (Wildman–Crippen MR) is 116 cm³/mol. The van der Waals surface area contributed by atoms with Crippen LogP contribution in [0.3, 0.4) is 0 Å². The topological polar surface area (TPSA) is 147 Å². The molecule has 1 saturated carbocycles. The van der Waals surface area contributed by atoms with Crippen LogP contribution in [0.5, 0.6) is 0 Å². The van der Waals surface area contributed by atoms with Crippen molar-refractivity contribution in [2.45, 2.75) is 58.9 Å². The Bertz CT molecular complexity index is 1020. The summed E-state index contributed by atoms with van der Waals surface area (Å²) < 4.78 is 38.8. The normalized spacial score (nSPS) is 24.7. The maximum Gasteiger partial charge on any atom is 0.471 e. The van der Waals surface area contributed by atoms with Crippen LogP contribution in [-0.2, 0) is 19.2 Å². The smallest absolute Gasteiger partial charge is 0.368 e. The lowest BCUT2D eigenvalue weighted by molar-refractivity contribution is -0.176. The molecule has 3 rings (SSSR count). The van der Waals surface area contributed by atoms with Crippen LogP contribution in [0.1, 0.15) is 46.4 Å². The van der Waals surface area contributed by atoms with Crippen LogP contribution >= 0.6 is 0 Å². The molecule has 0 aromatic carbocycles. The molecule has 5 atom stereocenters. The Morgan fingerprint density at radius 1 is 1.14 bits per heavy atom. The number of piperidine rings is 1. The Hall–Kier alpha value is -3.25. The van der Waals surface area contributed by atoms with E-state index in [9.17, 15) is 32.3 Å². The molecule has 13 heteroatoms. The second-order valence-corrected chi connectivity index (χ2v) is 10.6. The molecule has 0 bridgehead atoms. The van der Waals surface area contributed by atoms with Gasteiger partial charge in [-0.15, -0.1) is 0 Å². The molecule has 0 radical (unpaired) electrons.